The molecule has 0 saturated heterocycles. The molecule has 1 atom stereocenters. The molecular weight excluding hydrogens is 256 g/mol. The molecule has 2 N–H and O–H groups in total. The van der Waals surface area contributed by atoms with E-state index in [2.05, 4.69) is 60.4 Å². The lowest BCUT2D eigenvalue weighted by molar-refractivity contribution is 0.644. The van der Waals surface area contributed by atoms with E-state index in [4.69, 9.17) is 5.73 Å². The van der Waals surface area contributed by atoms with Crippen molar-refractivity contribution in [1.29, 1.82) is 0 Å². The molecule has 0 saturated carbocycles. The van der Waals surface area contributed by atoms with Crippen molar-refractivity contribution in [3.63, 3.8) is 0 Å². The summed E-state index contributed by atoms with van der Waals surface area (Å²) in [5.41, 5.74) is 11.7. The number of benzene rings is 2. The monoisotopic (exact) mass is 280 g/mol. The third-order valence-electron chi connectivity index (χ3n) is 4.40. The van der Waals surface area contributed by atoms with Crippen molar-refractivity contribution in [2.45, 2.75) is 38.6 Å². The summed E-state index contributed by atoms with van der Waals surface area (Å²) in [6, 6.07) is 17.7. The first-order valence-electron chi connectivity index (χ1n) is 7.98. The van der Waals surface area contributed by atoms with Crippen molar-refractivity contribution in [2.75, 3.05) is 11.4 Å². The molecule has 0 radical (unpaired) electrons. The van der Waals surface area contributed by atoms with Crippen LogP contribution in [0.15, 0.2) is 48.5 Å². The fourth-order valence-corrected chi connectivity index (χ4v) is 3.16. The Bertz CT molecular complexity index is 606. The highest BCUT2D eigenvalue weighted by Crippen LogP contribution is 2.35. The number of rotatable bonds is 4. The van der Waals surface area contributed by atoms with Gasteiger partial charge in [0.25, 0.3) is 0 Å². The Labute approximate surface area is 127 Å². The summed E-state index contributed by atoms with van der Waals surface area (Å²) in [5.74, 6) is 0. The fourth-order valence-electron chi connectivity index (χ4n) is 3.16. The maximum Gasteiger partial charge on any atom is 0.0443 e. The van der Waals surface area contributed by atoms with Gasteiger partial charge in [-0.3, -0.25) is 0 Å². The first-order valence-corrected chi connectivity index (χ1v) is 7.98. The van der Waals surface area contributed by atoms with Crippen LogP contribution in [0.4, 0.5) is 11.4 Å². The van der Waals surface area contributed by atoms with Gasteiger partial charge in [0, 0.05) is 24.0 Å². The zero-order valence-electron chi connectivity index (χ0n) is 12.8. The Kier molecular flexibility index (Phi) is 4.26. The summed E-state index contributed by atoms with van der Waals surface area (Å²) in [6.45, 7) is 3.25. The molecule has 2 nitrogen and oxygen atoms in total. The number of anilines is 2. The minimum absolute atomic E-state index is 0.242. The van der Waals surface area contributed by atoms with Gasteiger partial charge in [0.15, 0.2) is 0 Å². The number of para-hydroxylation sites is 2. The van der Waals surface area contributed by atoms with Crippen LogP contribution in [-0.2, 0) is 12.8 Å². The second kappa shape index (κ2) is 6.31. The Balaban J connectivity index is 1.98. The Morgan fingerprint density at radius 3 is 2.57 bits per heavy atom. The lowest BCUT2D eigenvalue weighted by atomic mass is 9.97. The first kappa shape index (κ1) is 14.2. The average Bonchev–Trinajstić information content (AvgIpc) is 2.55. The second-order valence-corrected chi connectivity index (χ2v) is 5.89. The molecule has 2 aromatic rings. The molecule has 1 aliphatic heterocycles. The van der Waals surface area contributed by atoms with Crippen molar-refractivity contribution in [3.05, 3.63) is 59.7 Å². The Morgan fingerprint density at radius 1 is 1.05 bits per heavy atom. The minimum Gasteiger partial charge on any atom is -0.341 e. The van der Waals surface area contributed by atoms with Crippen LogP contribution in [0, 0.1) is 0 Å². The van der Waals surface area contributed by atoms with E-state index in [1.54, 1.807) is 0 Å². The second-order valence-electron chi connectivity index (χ2n) is 5.89. The van der Waals surface area contributed by atoms with Crippen LogP contribution < -0.4 is 10.6 Å². The van der Waals surface area contributed by atoms with E-state index in [1.165, 1.54) is 35.3 Å². The number of hydrogen-bond acceptors (Lipinski definition) is 2. The lowest BCUT2D eigenvalue weighted by Gasteiger charge is -2.33. The van der Waals surface area contributed by atoms with E-state index in [-0.39, 0.29) is 6.04 Å². The highest BCUT2D eigenvalue weighted by atomic mass is 15.1. The molecule has 0 fully saturated rings. The minimum atomic E-state index is 0.242. The van der Waals surface area contributed by atoms with Gasteiger partial charge in [0.2, 0.25) is 0 Å². The molecule has 0 aliphatic carbocycles. The predicted octanol–water partition coefficient (Wildman–Crippen LogP) is 4.05. The molecule has 110 valence electrons. The van der Waals surface area contributed by atoms with Crippen LogP contribution in [0.5, 0.6) is 0 Å². The molecule has 0 spiro atoms. The van der Waals surface area contributed by atoms with Crippen LogP contribution in [0.25, 0.3) is 0 Å². The van der Waals surface area contributed by atoms with Crippen molar-refractivity contribution in [1.82, 2.24) is 0 Å². The quantitative estimate of drug-likeness (QED) is 0.915. The van der Waals surface area contributed by atoms with E-state index in [0.29, 0.717) is 0 Å². The van der Waals surface area contributed by atoms with Gasteiger partial charge in [0.05, 0.1) is 0 Å². The van der Waals surface area contributed by atoms with Gasteiger partial charge < -0.3 is 10.6 Å². The largest absolute Gasteiger partial charge is 0.341 e. The third-order valence-corrected chi connectivity index (χ3v) is 4.40. The topological polar surface area (TPSA) is 29.3 Å². The number of nitrogens with zero attached hydrogens (tertiary/aromatic N) is 1. The van der Waals surface area contributed by atoms with E-state index >= 15 is 0 Å². The summed E-state index contributed by atoms with van der Waals surface area (Å²) >= 11 is 0. The Morgan fingerprint density at radius 2 is 1.76 bits per heavy atom. The van der Waals surface area contributed by atoms with Crippen LogP contribution >= 0.6 is 0 Å². The summed E-state index contributed by atoms with van der Waals surface area (Å²) in [4.78, 5) is 2.47. The number of nitrogens with two attached hydrogens (primary N) is 1. The number of hydrogen-bond donors (Lipinski definition) is 1. The molecule has 3 rings (SSSR count). The van der Waals surface area contributed by atoms with Gasteiger partial charge in [-0.05, 0) is 48.9 Å². The maximum absolute atomic E-state index is 6.18. The molecule has 21 heavy (non-hydrogen) atoms. The molecule has 0 amide bonds. The zero-order valence-corrected chi connectivity index (χ0v) is 12.8. The van der Waals surface area contributed by atoms with Gasteiger partial charge >= 0.3 is 0 Å². The van der Waals surface area contributed by atoms with Crippen molar-refractivity contribution in [2.24, 2.45) is 5.73 Å². The average molecular weight is 280 g/mol. The van der Waals surface area contributed by atoms with Gasteiger partial charge in [-0.2, -0.15) is 0 Å². The molecule has 1 aliphatic rings. The van der Waals surface area contributed by atoms with Crippen LogP contribution in [0.3, 0.4) is 0 Å². The maximum atomic E-state index is 6.18. The molecule has 1 heterocycles. The highest BCUT2D eigenvalue weighted by Gasteiger charge is 2.20. The number of aryl methyl sites for hydroxylation is 1. The van der Waals surface area contributed by atoms with Crippen molar-refractivity contribution in [3.8, 4) is 0 Å². The van der Waals surface area contributed by atoms with E-state index in [9.17, 15) is 0 Å². The van der Waals surface area contributed by atoms with Crippen LogP contribution in [0.2, 0.25) is 0 Å². The van der Waals surface area contributed by atoms with E-state index < -0.39 is 0 Å². The molecule has 2 heteroatoms. The summed E-state index contributed by atoms with van der Waals surface area (Å²) in [6.07, 6.45) is 4.37. The first-order chi connectivity index (χ1) is 10.3. The Hall–Kier alpha value is -1.80. The zero-order chi connectivity index (χ0) is 14.7. The molecule has 1 unspecified atom stereocenters. The molecule has 0 bridgehead atoms. The molecular formula is C19H24N2. The standard InChI is InChI=1S/C19H24N2/c1-2-17(20)14-16-9-4-6-12-19(16)21-13-7-10-15-8-3-5-11-18(15)21/h3-6,8-9,11-12,17H,2,7,10,13-14,20H2,1H3. The third kappa shape index (κ3) is 2.96. The fraction of sp³-hybridized carbons (Fsp3) is 0.368. The van der Waals surface area contributed by atoms with Gasteiger partial charge in [-0.15, -0.1) is 0 Å². The van der Waals surface area contributed by atoms with Crippen molar-refractivity contribution < 1.29 is 0 Å². The normalized spacial score (nSPS) is 15.6. The van der Waals surface area contributed by atoms with Crippen molar-refractivity contribution >= 4 is 11.4 Å². The molecule has 2 aromatic carbocycles. The number of fused-ring (bicyclic) bond motifs is 1. The van der Waals surface area contributed by atoms with E-state index in [1.807, 2.05) is 0 Å². The van der Waals surface area contributed by atoms with Gasteiger partial charge in [-0.25, -0.2) is 0 Å². The summed E-state index contributed by atoms with van der Waals surface area (Å²) < 4.78 is 0. The lowest BCUT2D eigenvalue weighted by Crippen LogP contribution is -2.27. The van der Waals surface area contributed by atoms with Gasteiger partial charge in [-0.1, -0.05) is 43.3 Å². The van der Waals surface area contributed by atoms with Gasteiger partial charge in [0.1, 0.15) is 0 Å². The summed E-state index contributed by atoms with van der Waals surface area (Å²) in [5, 5.41) is 0. The summed E-state index contributed by atoms with van der Waals surface area (Å²) in [7, 11) is 0. The van der Waals surface area contributed by atoms with E-state index in [0.717, 1.165) is 19.4 Å². The predicted molar refractivity (Wildman–Crippen MR) is 90.2 cm³/mol. The smallest absolute Gasteiger partial charge is 0.0443 e. The molecule has 0 aromatic heterocycles. The SMILES string of the molecule is CCC(N)Cc1ccccc1N1CCCc2ccccc21. The van der Waals surface area contributed by atoms with Crippen LogP contribution in [-0.4, -0.2) is 12.6 Å². The van der Waals surface area contributed by atoms with Crippen LogP contribution in [0.1, 0.15) is 30.9 Å². The highest BCUT2D eigenvalue weighted by molar-refractivity contribution is 5.70.